The van der Waals surface area contributed by atoms with Gasteiger partial charge in [0.25, 0.3) is 0 Å². The number of benzene rings is 1. The van der Waals surface area contributed by atoms with Gasteiger partial charge in [-0.1, -0.05) is 6.07 Å². The summed E-state index contributed by atoms with van der Waals surface area (Å²) < 4.78 is 38.9. The lowest BCUT2D eigenvalue weighted by Crippen LogP contribution is -2.39. The summed E-state index contributed by atoms with van der Waals surface area (Å²) in [5, 5.41) is 0. The molecule has 17 heavy (non-hydrogen) atoms. The molecule has 0 aliphatic rings. The van der Waals surface area contributed by atoms with E-state index in [2.05, 4.69) is 0 Å². The summed E-state index contributed by atoms with van der Waals surface area (Å²) in [6.07, 6.45) is 0. The highest BCUT2D eigenvalue weighted by Gasteiger charge is 2.27. The first-order chi connectivity index (χ1) is 7.80. The Morgan fingerprint density at radius 2 is 2.06 bits per heavy atom. The quantitative estimate of drug-likeness (QED) is 0.881. The van der Waals surface area contributed by atoms with Crippen molar-refractivity contribution < 1.29 is 12.8 Å². The van der Waals surface area contributed by atoms with Gasteiger partial charge in [-0.25, -0.2) is 12.8 Å². The minimum absolute atomic E-state index is 0.184. The van der Waals surface area contributed by atoms with Gasteiger partial charge in [-0.2, -0.15) is 4.31 Å². The second-order valence-electron chi connectivity index (χ2n) is 4.04. The second kappa shape index (κ2) is 5.12. The van der Waals surface area contributed by atoms with Crippen LogP contribution in [0, 0.1) is 12.7 Å². The highest BCUT2D eigenvalue weighted by Crippen LogP contribution is 2.20. The van der Waals surface area contributed by atoms with E-state index in [1.165, 1.54) is 19.2 Å². The predicted octanol–water partition coefficient (Wildman–Crippen LogP) is 1.10. The maximum atomic E-state index is 13.6. The summed E-state index contributed by atoms with van der Waals surface area (Å²) in [4.78, 5) is -0.314. The Bertz CT molecular complexity index is 502. The van der Waals surface area contributed by atoms with Crippen molar-refractivity contribution in [3.63, 3.8) is 0 Å². The number of nitrogens with zero attached hydrogens (tertiary/aromatic N) is 1. The van der Waals surface area contributed by atoms with Gasteiger partial charge < -0.3 is 5.73 Å². The average molecular weight is 260 g/mol. The number of aryl methyl sites for hydroxylation is 1. The van der Waals surface area contributed by atoms with Crippen LogP contribution in [0.25, 0.3) is 0 Å². The zero-order chi connectivity index (χ0) is 13.2. The minimum Gasteiger partial charge on any atom is -0.329 e. The van der Waals surface area contributed by atoms with Crippen LogP contribution in [0.4, 0.5) is 4.39 Å². The van der Waals surface area contributed by atoms with Crippen LogP contribution in [0.5, 0.6) is 0 Å². The summed E-state index contributed by atoms with van der Waals surface area (Å²) in [6, 6.07) is 3.67. The minimum atomic E-state index is -3.82. The van der Waals surface area contributed by atoms with E-state index in [0.29, 0.717) is 5.56 Å². The zero-order valence-electron chi connectivity index (χ0n) is 10.1. The van der Waals surface area contributed by atoms with E-state index >= 15 is 0 Å². The summed E-state index contributed by atoms with van der Waals surface area (Å²) >= 11 is 0. The molecular weight excluding hydrogens is 243 g/mol. The van der Waals surface area contributed by atoms with Gasteiger partial charge >= 0.3 is 0 Å². The van der Waals surface area contributed by atoms with Crippen molar-refractivity contribution in [1.29, 1.82) is 0 Å². The Kier molecular flexibility index (Phi) is 4.24. The van der Waals surface area contributed by atoms with E-state index in [9.17, 15) is 12.8 Å². The Morgan fingerprint density at radius 3 is 2.53 bits per heavy atom. The maximum absolute atomic E-state index is 13.6. The number of hydrogen-bond donors (Lipinski definition) is 1. The van der Waals surface area contributed by atoms with Gasteiger partial charge in [-0.15, -0.1) is 0 Å². The molecule has 0 amide bonds. The Morgan fingerprint density at radius 1 is 1.47 bits per heavy atom. The fourth-order valence-electron chi connectivity index (χ4n) is 1.36. The third-order valence-electron chi connectivity index (χ3n) is 2.71. The van der Waals surface area contributed by atoms with Gasteiger partial charge in [0.1, 0.15) is 10.7 Å². The molecule has 0 aliphatic carbocycles. The van der Waals surface area contributed by atoms with E-state index in [0.717, 1.165) is 4.31 Å². The first-order valence-corrected chi connectivity index (χ1v) is 6.69. The number of likely N-dealkylation sites (N-methyl/N-ethyl adjacent to an activating group) is 1. The predicted molar refractivity (Wildman–Crippen MR) is 64.6 cm³/mol. The summed E-state index contributed by atoms with van der Waals surface area (Å²) in [5.74, 6) is -0.735. The van der Waals surface area contributed by atoms with Crippen LogP contribution in [0.1, 0.15) is 12.5 Å². The van der Waals surface area contributed by atoms with Crippen LogP contribution in [0.15, 0.2) is 23.1 Å². The van der Waals surface area contributed by atoms with Crippen molar-refractivity contribution in [3.8, 4) is 0 Å². The van der Waals surface area contributed by atoms with Gasteiger partial charge in [-0.3, -0.25) is 0 Å². The third-order valence-corrected chi connectivity index (χ3v) is 4.71. The van der Waals surface area contributed by atoms with Crippen molar-refractivity contribution in [3.05, 3.63) is 29.6 Å². The van der Waals surface area contributed by atoms with Crippen molar-refractivity contribution in [2.45, 2.75) is 24.8 Å². The monoisotopic (exact) mass is 260 g/mol. The number of sulfonamides is 1. The van der Waals surface area contributed by atoms with E-state index in [-0.39, 0.29) is 17.5 Å². The van der Waals surface area contributed by atoms with E-state index in [1.54, 1.807) is 19.9 Å². The van der Waals surface area contributed by atoms with Gasteiger partial charge in [0.15, 0.2) is 0 Å². The number of hydrogen-bond acceptors (Lipinski definition) is 3. The molecule has 2 N–H and O–H groups in total. The highest BCUT2D eigenvalue weighted by atomic mass is 32.2. The Balaban J connectivity index is 3.22. The van der Waals surface area contributed by atoms with Crippen LogP contribution in [-0.4, -0.2) is 32.4 Å². The average Bonchev–Trinajstić information content (AvgIpc) is 2.26. The molecule has 4 nitrogen and oxygen atoms in total. The third kappa shape index (κ3) is 2.83. The second-order valence-corrected chi connectivity index (χ2v) is 6.01. The molecule has 1 rings (SSSR count). The molecular formula is C11H17FN2O2S. The number of halogens is 1. The summed E-state index contributed by atoms with van der Waals surface area (Å²) in [6.45, 7) is 3.55. The molecule has 0 saturated carbocycles. The lowest BCUT2D eigenvalue weighted by Gasteiger charge is -2.23. The smallest absolute Gasteiger partial charge is 0.246 e. The number of rotatable bonds is 4. The standard InChI is InChI=1S/C11H17FN2O2S/c1-8-4-5-11(10(12)6-8)17(15,16)14(3)9(2)7-13/h4-6,9H,7,13H2,1-3H3. The van der Waals surface area contributed by atoms with Crippen LogP contribution in [-0.2, 0) is 10.0 Å². The van der Waals surface area contributed by atoms with Crippen LogP contribution < -0.4 is 5.73 Å². The molecule has 1 unspecified atom stereocenters. The fourth-order valence-corrected chi connectivity index (χ4v) is 2.77. The SMILES string of the molecule is Cc1ccc(S(=O)(=O)N(C)C(C)CN)c(F)c1. The van der Waals surface area contributed by atoms with Gasteiger partial charge in [0, 0.05) is 19.6 Å². The molecule has 6 heteroatoms. The lowest BCUT2D eigenvalue weighted by atomic mass is 10.2. The molecule has 0 saturated heterocycles. The molecule has 96 valence electrons. The van der Waals surface area contributed by atoms with Crippen molar-refractivity contribution in [2.24, 2.45) is 5.73 Å². The first kappa shape index (κ1) is 14.1. The van der Waals surface area contributed by atoms with Crippen molar-refractivity contribution in [1.82, 2.24) is 4.31 Å². The summed E-state index contributed by atoms with van der Waals surface area (Å²) in [5.41, 5.74) is 6.09. The molecule has 0 aromatic heterocycles. The Hall–Kier alpha value is -0.980. The zero-order valence-corrected chi connectivity index (χ0v) is 11.0. The fraction of sp³-hybridized carbons (Fsp3) is 0.455. The van der Waals surface area contributed by atoms with Crippen LogP contribution in [0.3, 0.4) is 0 Å². The van der Waals surface area contributed by atoms with Crippen molar-refractivity contribution >= 4 is 10.0 Å². The van der Waals surface area contributed by atoms with Gasteiger partial charge in [0.2, 0.25) is 10.0 Å². The van der Waals surface area contributed by atoms with E-state index in [4.69, 9.17) is 5.73 Å². The van der Waals surface area contributed by atoms with Crippen molar-refractivity contribution in [2.75, 3.05) is 13.6 Å². The molecule has 0 radical (unpaired) electrons. The van der Waals surface area contributed by atoms with Crippen LogP contribution >= 0.6 is 0 Å². The first-order valence-electron chi connectivity index (χ1n) is 5.25. The lowest BCUT2D eigenvalue weighted by molar-refractivity contribution is 0.391. The van der Waals surface area contributed by atoms with E-state index < -0.39 is 15.8 Å². The molecule has 0 spiro atoms. The molecule has 0 fully saturated rings. The van der Waals surface area contributed by atoms with Crippen LogP contribution in [0.2, 0.25) is 0 Å². The molecule has 1 aromatic rings. The van der Waals surface area contributed by atoms with Gasteiger partial charge in [-0.05, 0) is 31.5 Å². The molecule has 0 heterocycles. The molecule has 1 atom stereocenters. The normalized spacial score (nSPS) is 14.0. The Labute approximate surface area is 101 Å². The van der Waals surface area contributed by atoms with E-state index in [1.807, 2.05) is 0 Å². The maximum Gasteiger partial charge on any atom is 0.246 e. The topological polar surface area (TPSA) is 63.4 Å². The largest absolute Gasteiger partial charge is 0.329 e. The number of nitrogens with two attached hydrogens (primary N) is 1. The highest BCUT2D eigenvalue weighted by molar-refractivity contribution is 7.89. The molecule has 0 bridgehead atoms. The van der Waals surface area contributed by atoms with Gasteiger partial charge in [0.05, 0.1) is 0 Å². The molecule has 0 aliphatic heterocycles. The molecule has 1 aromatic carbocycles. The summed E-state index contributed by atoms with van der Waals surface area (Å²) in [7, 11) is -2.42.